The Bertz CT molecular complexity index is 446. The topological polar surface area (TPSA) is 26.3 Å². The number of carbonyl (C=O) groups excluding carboxylic acids is 1. The van der Waals surface area contributed by atoms with Gasteiger partial charge in [0.15, 0.2) is 5.78 Å². The van der Waals surface area contributed by atoms with Crippen LogP contribution in [0, 0.1) is 5.92 Å². The van der Waals surface area contributed by atoms with Gasteiger partial charge < -0.3 is 4.74 Å². The first-order valence-corrected chi connectivity index (χ1v) is 6.10. The molecular formula is C15H18O2. The monoisotopic (exact) mass is 230 g/mol. The number of allylic oxidation sites excluding steroid dienone is 1. The molecule has 2 nitrogen and oxygen atoms in total. The lowest BCUT2D eigenvalue weighted by molar-refractivity contribution is -0.116. The van der Waals surface area contributed by atoms with Crippen molar-refractivity contribution in [2.75, 3.05) is 7.11 Å². The molecule has 0 aliphatic heterocycles. The van der Waals surface area contributed by atoms with Gasteiger partial charge in [0, 0.05) is 12.0 Å². The number of hydrogen-bond donors (Lipinski definition) is 0. The molecule has 1 aliphatic carbocycles. The van der Waals surface area contributed by atoms with Crippen LogP contribution in [-0.4, -0.2) is 12.9 Å². The maximum absolute atomic E-state index is 11.9. The molecule has 1 aromatic rings. The van der Waals surface area contributed by atoms with Crippen LogP contribution in [0.4, 0.5) is 0 Å². The first-order chi connectivity index (χ1) is 8.22. The summed E-state index contributed by atoms with van der Waals surface area (Å²) >= 11 is 0. The smallest absolute Gasteiger partial charge is 0.159 e. The highest BCUT2D eigenvalue weighted by Crippen LogP contribution is 2.30. The van der Waals surface area contributed by atoms with Crippen molar-refractivity contribution >= 4 is 11.9 Å². The highest BCUT2D eigenvalue weighted by Gasteiger charge is 2.22. The molecule has 0 heterocycles. The molecule has 1 fully saturated rings. The minimum absolute atomic E-state index is 0.287. The average Bonchev–Trinajstić information content (AvgIpc) is 2.34. The van der Waals surface area contributed by atoms with E-state index in [9.17, 15) is 4.79 Å². The van der Waals surface area contributed by atoms with Gasteiger partial charge in [0.2, 0.25) is 0 Å². The third-order valence-corrected chi connectivity index (χ3v) is 3.34. The average molecular weight is 230 g/mol. The van der Waals surface area contributed by atoms with Crippen LogP contribution in [-0.2, 0) is 4.79 Å². The minimum atomic E-state index is 0.287. The van der Waals surface area contributed by atoms with Gasteiger partial charge in [0.1, 0.15) is 5.75 Å². The van der Waals surface area contributed by atoms with Gasteiger partial charge in [0.05, 0.1) is 7.11 Å². The van der Waals surface area contributed by atoms with Gasteiger partial charge in [-0.1, -0.05) is 25.1 Å². The van der Waals surface area contributed by atoms with Gasteiger partial charge in [-0.3, -0.25) is 4.79 Å². The van der Waals surface area contributed by atoms with Gasteiger partial charge in [0.25, 0.3) is 0 Å². The number of ether oxygens (including phenoxy) is 1. The summed E-state index contributed by atoms with van der Waals surface area (Å²) < 4.78 is 5.30. The molecule has 90 valence electrons. The normalized spacial score (nSPS) is 22.8. The molecular weight excluding hydrogens is 212 g/mol. The first-order valence-electron chi connectivity index (χ1n) is 6.10. The van der Waals surface area contributed by atoms with E-state index in [1.165, 1.54) is 0 Å². The number of Topliss-reactive ketones (excluding diaryl/α,β-unsaturated/α-hetero) is 1. The molecule has 17 heavy (non-hydrogen) atoms. The molecule has 1 aromatic carbocycles. The number of carbonyl (C=O) groups is 1. The van der Waals surface area contributed by atoms with Crippen LogP contribution < -0.4 is 4.74 Å². The third-order valence-electron chi connectivity index (χ3n) is 3.34. The Kier molecular flexibility index (Phi) is 3.62. The number of benzene rings is 1. The lowest BCUT2D eigenvalue weighted by Gasteiger charge is -2.20. The van der Waals surface area contributed by atoms with Crippen molar-refractivity contribution in [2.45, 2.75) is 26.2 Å². The van der Waals surface area contributed by atoms with Crippen molar-refractivity contribution in [3.8, 4) is 5.75 Å². The van der Waals surface area contributed by atoms with Crippen LogP contribution in [0.3, 0.4) is 0 Å². The van der Waals surface area contributed by atoms with Gasteiger partial charge in [-0.05, 0) is 36.5 Å². The summed E-state index contributed by atoms with van der Waals surface area (Å²) in [4.78, 5) is 11.9. The molecule has 1 aliphatic rings. The molecule has 0 spiro atoms. The minimum Gasteiger partial charge on any atom is -0.496 e. The molecule has 0 N–H and O–H groups in total. The highest BCUT2D eigenvalue weighted by atomic mass is 16.5. The summed E-state index contributed by atoms with van der Waals surface area (Å²) in [7, 11) is 1.66. The second-order valence-corrected chi connectivity index (χ2v) is 4.56. The zero-order valence-electron chi connectivity index (χ0n) is 10.4. The fourth-order valence-electron chi connectivity index (χ4n) is 2.32. The Balaban J connectivity index is 2.36. The lowest BCUT2D eigenvalue weighted by atomic mass is 9.83. The summed E-state index contributed by atoms with van der Waals surface area (Å²) in [5.74, 6) is 1.47. The fourth-order valence-corrected chi connectivity index (χ4v) is 2.32. The summed E-state index contributed by atoms with van der Waals surface area (Å²) in [6, 6.07) is 7.81. The van der Waals surface area contributed by atoms with E-state index >= 15 is 0 Å². The molecule has 0 saturated heterocycles. The Hall–Kier alpha value is -1.57. The second-order valence-electron chi connectivity index (χ2n) is 4.56. The van der Waals surface area contributed by atoms with Gasteiger partial charge >= 0.3 is 0 Å². The van der Waals surface area contributed by atoms with Crippen molar-refractivity contribution in [3.63, 3.8) is 0 Å². The van der Waals surface area contributed by atoms with E-state index in [1.807, 2.05) is 30.3 Å². The molecule has 0 bridgehead atoms. The summed E-state index contributed by atoms with van der Waals surface area (Å²) in [6.45, 7) is 2.12. The molecule has 0 aromatic heterocycles. The SMILES string of the molecule is COc1ccccc1C=C1C(=O)CCCC1C. The van der Waals surface area contributed by atoms with E-state index in [4.69, 9.17) is 4.74 Å². The number of rotatable bonds is 2. The molecule has 1 unspecified atom stereocenters. The van der Waals surface area contributed by atoms with E-state index in [1.54, 1.807) is 7.11 Å². The Labute approximate surface area is 102 Å². The molecule has 1 atom stereocenters. The van der Waals surface area contributed by atoms with Crippen molar-refractivity contribution in [3.05, 3.63) is 35.4 Å². The van der Waals surface area contributed by atoms with E-state index < -0.39 is 0 Å². The van der Waals surface area contributed by atoms with Crippen LogP contribution in [0.25, 0.3) is 6.08 Å². The van der Waals surface area contributed by atoms with Gasteiger partial charge in [-0.15, -0.1) is 0 Å². The lowest BCUT2D eigenvalue weighted by Crippen LogP contribution is -2.16. The van der Waals surface area contributed by atoms with Crippen molar-refractivity contribution < 1.29 is 9.53 Å². The van der Waals surface area contributed by atoms with Crippen LogP contribution in [0.1, 0.15) is 31.7 Å². The zero-order chi connectivity index (χ0) is 12.3. The molecule has 0 radical (unpaired) electrons. The van der Waals surface area contributed by atoms with Crippen LogP contribution in [0.15, 0.2) is 29.8 Å². The number of methoxy groups -OCH3 is 1. The number of para-hydroxylation sites is 1. The molecule has 1 saturated carbocycles. The van der Waals surface area contributed by atoms with E-state index in [2.05, 4.69) is 6.92 Å². The maximum Gasteiger partial charge on any atom is 0.159 e. The predicted octanol–water partition coefficient (Wildman–Crippen LogP) is 3.47. The molecule has 2 heteroatoms. The summed E-state index contributed by atoms with van der Waals surface area (Å²) in [5.41, 5.74) is 1.94. The quantitative estimate of drug-likeness (QED) is 0.727. The van der Waals surface area contributed by atoms with Gasteiger partial charge in [-0.25, -0.2) is 0 Å². The Morgan fingerprint density at radius 3 is 2.82 bits per heavy atom. The first kappa shape index (κ1) is 11.9. The second kappa shape index (κ2) is 5.17. The van der Waals surface area contributed by atoms with Crippen molar-refractivity contribution in [1.29, 1.82) is 0 Å². The van der Waals surface area contributed by atoms with E-state index in [-0.39, 0.29) is 5.78 Å². The largest absolute Gasteiger partial charge is 0.496 e. The summed E-state index contributed by atoms with van der Waals surface area (Å²) in [6.07, 6.45) is 4.80. The standard InChI is InChI=1S/C15H18O2/c1-11-6-5-8-14(16)13(11)10-12-7-3-4-9-15(12)17-2/h3-4,7,9-11H,5-6,8H2,1-2H3. The third kappa shape index (κ3) is 2.57. The van der Waals surface area contributed by atoms with Crippen molar-refractivity contribution in [1.82, 2.24) is 0 Å². The zero-order valence-corrected chi connectivity index (χ0v) is 10.4. The summed E-state index contributed by atoms with van der Waals surface area (Å²) in [5, 5.41) is 0. The molecule has 2 rings (SSSR count). The van der Waals surface area contributed by atoms with Gasteiger partial charge in [-0.2, -0.15) is 0 Å². The van der Waals surface area contributed by atoms with Crippen LogP contribution in [0.2, 0.25) is 0 Å². The van der Waals surface area contributed by atoms with Crippen LogP contribution in [0.5, 0.6) is 5.75 Å². The van der Waals surface area contributed by atoms with E-state index in [0.29, 0.717) is 12.3 Å². The van der Waals surface area contributed by atoms with E-state index in [0.717, 1.165) is 29.7 Å². The van der Waals surface area contributed by atoms with Crippen LogP contribution >= 0.6 is 0 Å². The fraction of sp³-hybridized carbons (Fsp3) is 0.400. The number of hydrogen-bond acceptors (Lipinski definition) is 2. The highest BCUT2D eigenvalue weighted by molar-refractivity contribution is 6.00. The molecule has 0 amide bonds. The van der Waals surface area contributed by atoms with Crippen molar-refractivity contribution in [2.24, 2.45) is 5.92 Å². The predicted molar refractivity (Wildman–Crippen MR) is 69.0 cm³/mol. The Morgan fingerprint density at radius 2 is 2.12 bits per heavy atom. The Morgan fingerprint density at radius 1 is 1.35 bits per heavy atom. The maximum atomic E-state index is 11.9. The number of ketones is 1.